The van der Waals surface area contributed by atoms with E-state index in [1.165, 1.54) is 22.4 Å². The Labute approximate surface area is 188 Å². The number of pyridine rings is 1. The fourth-order valence-electron chi connectivity index (χ4n) is 4.25. The molecule has 0 fully saturated rings. The van der Waals surface area contributed by atoms with Crippen molar-refractivity contribution >= 4 is 23.0 Å². The zero-order valence-electron chi connectivity index (χ0n) is 18.8. The van der Waals surface area contributed by atoms with Crippen LogP contribution in [0.4, 0.5) is 5.69 Å². The molecular formula is C25H29N3O2S. The monoisotopic (exact) mass is 435 g/mol. The van der Waals surface area contributed by atoms with E-state index in [2.05, 4.69) is 66.8 Å². The Kier molecular flexibility index (Phi) is 6.28. The van der Waals surface area contributed by atoms with E-state index in [1.807, 2.05) is 12.3 Å². The highest BCUT2D eigenvalue weighted by Crippen LogP contribution is 2.38. The maximum atomic E-state index is 5.46. The van der Waals surface area contributed by atoms with E-state index in [0.29, 0.717) is 0 Å². The smallest absolute Gasteiger partial charge is 0.142 e. The molecule has 0 aliphatic heterocycles. The van der Waals surface area contributed by atoms with Gasteiger partial charge in [-0.15, -0.1) is 11.8 Å². The average Bonchev–Trinajstić information content (AvgIpc) is 3.40. The summed E-state index contributed by atoms with van der Waals surface area (Å²) in [5.74, 6) is 0.881. The number of fused-ring (bicyclic) bond motifs is 1. The van der Waals surface area contributed by atoms with Crippen molar-refractivity contribution in [1.29, 1.82) is 0 Å². The van der Waals surface area contributed by atoms with Gasteiger partial charge in [-0.1, -0.05) is 13.0 Å². The third-order valence-electron chi connectivity index (χ3n) is 5.56. The van der Waals surface area contributed by atoms with Crippen molar-refractivity contribution in [3.8, 4) is 17.0 Å². The van der Waals surface area contributed by atoms with Gasteiger partial charge in [-0.25, -0.2) is 4.52 Å². The number of aromatic nitrogens is 2. The van der Waals surface area contributed by atoms with Crippen molar-refractivity contribution in [3.63, 3.8) is 0 Å². The average molecular weight is 436 g/mol. The summed E-state index contributed by atoms with van der Waals surface area (Å²) in [6, 6.07) is 12.6. The van der Waals surface area contributed by atoms with Gasteiger partial charge in [0, 0.05) is 24.2 Å². The molecule has 3 heterocycles. The van der Waals surface area contributed by atoms with E-state index in [9.17, 15) is 0 Å². The minimum absolute atomic E-state index is 0.796. The van der Waals surface area contributed by atoms with Crippen molar-refractivity contribution in [2.45, 2.75) is 38.8 Å². The molecule has 0 N–H and O–H groups in total. The van der Waals surface area contributed by atoms with Gasteiger partial charge >= 0.3 is 0 Å². The van der Waals surface area contributed by atoms with Crippen LogP contribution in [-0.2, 0) is 6.54 Å². The molecule has 3 aromatic heterocycles. The van der Waals surface area contributed by atoms with Gasteiger partial charge in [-0.3, -0.25) is 0 Å². The highest BCUT2D eigenvalue weighted by atomic mass is 32.2. The summed E-state index contributed by atoms with van der Waals surface area (Å²) in [6.07, 6.45) is 6.71. The van der Waals surface area contributed by atoms with E-state index in [0.717, 1.165) is 47.1 Å². The first-order valence-corrected chi connectivity index (χ1v) is 11.8. The zero-order valence-corrected chi connectivity index (χ0v) is 19.6. The fourth-order valence-corrected chi connectivity index (χ4v) is 4.84. The number of aryl methyl sites for hydroxylation is 2. The van der Waals surface area contributed by atoms with Crippen molar-refractivity contribution < 1.29 is 9.15 Å². The standard InChI is InChI=1S/C25H29N3O2S/c1-6-11-27(15-19-10-12-30-16-19)24-22-9-7-8-21(28(22)26-25(24)31-5)23-17(2)13-20(29-4)14-18(23)3/h7-10,12-14,16H,6,11,15H2,1-5H3. The molecule has 6 heteroatoms. The summed E-state index contributed by atoms with van der Waals surface area (Å²) >= 11 is 1.69. The summed E-state index contributed by atoms with van der Waals surface area (Å²) in [4.78, 5) is 2.41. The van der Waals surface area contributed by atoms with Gasteiger partial charge in [0.2, 0.25) is 0 Å². The Bertz CT molecular complexity index is 1160. The second kappa shape index (κ2) is 9.10. The van der Waals surface area contributed by atoms with E-state index >= 15 is 0 Å². The van der Waals surface area contributed by atoms with Crippen LogP contribution in [0.3, 0.4) is 0 Å². The fraction of sp³-hybridized carbons (Fsp3) is 0.320. The van der Waals surface area contributed by atoms with Crippen molar-refractivity contribution in [2.75, 3.05) is 24.8 Å². The van der Waals surface area contributed by atoms with Crippen LogP contribution >= 0.6 is 11.8 Å². The molecule has 0 aliphatic carbocycles. The second-order valence-electron chi connectivity index (χ2n) is 7.76. The topological polar surface area (TPSA) is 42.9 Å². The largest absolute Gasteiger partial charge is 0.497 e. The molecule has 0 saturated heterocycles. The molecule has 0 radical (unpaired) electrons. The zero-order chi connectivity index (χ0) is 22.0. The number of benzene rings is 1. The minimum Gasteiger partial charge on any atom is -0.497 e. The molecule has 0 atom stereocenters. The molecule has 0 unspecified atom stereocenters. The number of thioether (sulfide) groups is 1. The molecule has 0 aliphatic rings. The SMILES string of the molecule is CCCN(Cc1ccoc1)c1c(SC)nn2c(-c3c(C)cc(OC)cc3C)cccc12. The predicted molar refractivity (Wildman–Crippen MR) is 128 cm³/mol. The van der Waals surface area contributed by atoms with Crippen LogP contribution in [0.2, 0.25) is 0 Å². The summed E-state index contributed by atoms with van der Waals surface area (Å²) in [6.45, 7) is 8.22. The molecule has 31 heavy (non-hydrogen) atoms. The third-order valence-corrected chi connectivity index (χ3v) is 6.22. The molecule has 0 saturated carbocycles. The quantitative estimate of drug-likeness (QED) is 0.301. The van der Waals surface area contributed by atoms with Gasteiger partial charge in [-0.05, 0) is 68.0 Å². The van der Waals surface area contributed by atoms with E-state index in [1.54, 1.807) is 25.1 Å². The first-order valence-electron chi connectivity index (χ1n) is 10.5. The third kappa shape index (κ3) is 4.04. The number of rotatable bonds is 8. The van der Waals surface area contributed by atoms with E-state index < -0.39 is 0 Å². The van der Waals surface area contributed by atoms with Gasteiger partial charge < -0.3 is 14.1 Å². The van der Waals surface area contributed by atoms with Crippen LogP contribution in [0.5, 0.6) is 5.75 Å². The number of hydrogen-bond acceptors (Lipinski definition) is 5. The molecular weight excluding hydrogens is 406 g/mol. The Morgan fingerprint density at radius 2 is 1.94 bits per heavy atom. The van der Waals surface area contributed by atoms with Crippen molar-refractivity contribution in [2.24, 2.45) is 0 Å². The van der Waals surface area contributed by atoms with Crippen LogP contribution < -0.4 is 9.64 Å². The lowest BCUT2D eigenvalue weighted by atomic mass is 9.99. The Morgan fingerprint density at radius 3 is 2.55 bits per heavy atom. The maximum Gasteiger partial charge on any atom is 0.142 e. The number of anilines is 1. The van der Waals surface area contributed by atoms with Gasteiger partial charge in [0.05, 0.1) is 36.5 Å². The molecule has 0 spiro atoms. The number of furan rings is 1. The Hall–Kier alpha value is -2.86. The van der Waals surface area contributed by atoms with Crippen LogP contribution in [-0.4, -0.2) is 29.5 Å². The molecule has 4 aromatic rings. The second-order valence-corrected chi connectivity index (χ2v) is 8.55. The van der Waals surface area contributed by atoms with E-state index in [4.69, 9.17) is 14.3 Å². The van der Waals surface area contributed by atoms with Crippen LogP contribution in [0.1, 0.15) is 30.0 Å². The molecule has 0 bridgehead atoms. The lowest BCUT2D eigenvalue weighted by Gasteiger charge is -2.23. The summed E-state index contributed by atoms with van der Waals surface area (Å²) in [7, 11) is 1.71. The lowest BCUT2D eigenvalue weighted by molar-refractivity contribution is 0.414. The summed E-state index contributed by atoms with van der Waals surface area (Å²) in [5, 5.41) is 6.08. The molecule has 5 nitrogen and oxygen atoms in total. The van der Waals surface area contributed by atoms with Gasteiger partial charge in [0.15, 0.2) is 0 Å². The van der Waals surface area contributed by atoms with Crippen molar-refractivity contribution in [3.05, 3.63) is 65.6 Å². The number of methoxy groups -OCH3 is 1. The minimum atomic E-state index is 0.796. The van der Waals surface area contributed by atoms with Crippen molar-refractivity contribution in [1.82, 2.24) is 9.61 Å². The Balaban J connectivity index is 1.90. The predicted octanol–water partition coefficient (Wildman–Crippen LogP) is 6.36. The first kappa shape index (κ1) is 21.4. The van der Waals surface area contributed by atoms with Gasteiger partial charge in [0.25, 0.3) is 0 Å². The first-order chi connectivity index (χ1) is 15.1. The normalized spacial score (nSPS) is 11.3. The molecule has 1 aromatic carbocycles. The molecule has 4 rings (SSSR count). The Morgan fingerprint density at radius 1 is 1.16 bits per heavy atom. The molecule has 162 valence electrons. The maximum absolute atomic E-state index is 5.46. The number of ether oxygens (including phenoxy) is 1. The lowest BCUT2D eigenvalue weighted by Crippen LogP contribution is -2.23. The highest BCUT2D eigenvalue weighted by Gasteiger charge is 2.22. The summed E-state index contributed by atoms with van der Waals surface area (Å²) in [5.41, 5.74) is 8.11. The van der Waals surface area contributed by atoms with E-state index in [-0.39, 0.29) is 0 Å². The molecule has 0 amide bonds. The highest BCUT2D eigenvalue weighted by molar-refractivity contribution is 7.98. The number of nitrogens with zero attached hydrogens (tertiary/aromatic N) is 3. The van der Waals surface area contributed by atoms with Gasteiger partial charge in [0.1, 0.15) is 10.8 Å². The summed E-state index contributed by atoms with van der Waals surface area (Å²) < 4.78 is 12.9. The van der Waals surface area contributed by atoms with Crippen LogP contribution in [0.25, 0.3) is 16.8 Å². The van der Waals surface area contributed by atoms with Crippen LogP contribution in [0, 0.1) is 13.8 Å². The van der Waals surface area contributed by atoms with Crippen LogP contribution in [0.15, 0.2) is 58.4 Å². The van der Waals surface area contributed by atoms with Gasteiger partial charge in [-0.2, -0.15) is 5.10 Å². The number of hydrogen-bond donors (Lipinski definition) is 0.